The molecule has 8 nitrogen and oxygen atoms in total. The first-order valence-corrected chi connectivity index (χ1v) is 10.3. The van der Waals surface area contributed by atoms with Crippen molar-refractivity contribution in [1.29, 1.82) is 0 Å². The number of piperidine rings is 1. The van der Waals surface area contributed by atoms with Gasteiger partial charge in [-0.2, -0.15) is 0 Å². The van der Waals surface area contributed by atoms with Crippen LogP contribution in [0.1, 0.15) is 24.0 Å². The van der Waals surface area contributed by atoms with E-state index in [1.165, 1.54) is 16.8 Å². The van der Waals surface area contributed by atoms with E-state index in [1.807, 2.05) is 0 Å². The first kappa shape index (κ1) is 20.3. The van der Waals surface area contributed by atoms with Crippen molar-refractivity contribution in [2.24, 2.45) is 0 Å². The Hall–Kier alpha value is -2.00. The Morgan fingerprint density at radius 2 is 1.79 bits per heavy atom. The zero-order valence-corrected chi connectivity index (χ0v) is 17.2. The van der Waals surface area contributed by atoms with Gasteiger partial charge in [0.05, 0.1) is 6.04 Å². The van der Waals surface area contributed by atoms with Crippen LogP contribution in [0.15, 0.2) is 18.2 Å². The summed E-state index contributed by atoms with van der Waals surface area (Å²) in [7, 11) is 3.35. The van der Waals surface area contributed by atoms with Gasteiger partial charge in [-0.05, 0) is 29.7 Å². The van der Waals surface area contributed by atoms with Crippen LogP contribution in [-0.2, 0) is 32.2 Å². The summed E-state index contributed by atoms with van der Waals surface area (Å²) in [5.41, 5.74) is 3.80. The van der Waals surface area contributed by atoms with Crippen LogP contribution in [-0.4, -0.2) is 80.9 Å². The average Bonchev–Trinajstić information content (AvgIpc) is 3.15. The van der Waals surface area contributed by atoms with Gasteiger partial charge in [0, 0.05) is 72.1 Å². The predicted molar refractivity (Wildman–Crippen MR) is 108 cm³/mol. The van der Waals surface area contributed by atoms with E-state index in [1.54, 1.807) is 14.2 Å². The summed E-state index contributed by atoms with van der Waals surface area (Å²) in [5, 5.41) is 2.47. The third-order valence-electron chi connectivity index (χ3n) is 6.26. The van der Waals surface area contributed by atoms with Crippen LogP contribution in [0.2, 0.25) is 0 Å². The first-order valence-electron chi connectivity index (χ1n) is 10.3. The number of benzene rings is 1. The smallest absolute Gasteiger partial charge is 0.243 e. The first-order chi connectivity index (χ1) is 14.1. The van der Waals surface area contributed by atoms with E-state index in [0.717, 1.165) is 45.8 Å². The minimum Gasteiger partial charge on any atom is -0.369 e. The Labute approximate surface area is 171 Å². The lowest BCUT2D eigenvalue weighted by molar-refractivity contribution is -0.137. The predicted octanol–water partition coefficient (Wildman–Crippen LogP) is 0.548. The molecule has 0 bridgehead atoms. The van der Waals surface area contributed by atoms with Crippen LogP contribution in [0.3, 0.4) is 0 Å². The largest absolute Gasteiger partial charge is 0.369 e. The highest BCUT2D eigenvalue weighted by molar-refractivity contribution is 6.00. The molecule has 0 saturated carbocycles. The quantitative estimate of drug-likeness (QED) is 0.550. The molecule has 158 valence electrons. The van der Waals surface area contributed by atoms with Crippen molar-refractivity contribution in [1.82, 2.24) is 15.1 Å². The van der Waals surface area contributed by atoms with Crippen LogP contribution in [0, 0.1) is 0 Å². The molecule has 2 amide bonds. The number of hydrogen-bond acceptors (Lipinski definition) is 7. The van der Waals surface area contributed by atoms with Crippen molar-refractivity contribution in [2.75, 3.05) is 51.8 Å². The van der Waals surface area contributed by atoms with Gasteiger partial charge in [0.15, 0.2) is 6.29 Å². The van der Waals surface area contributed by atoms with Gasteiger partial charge >= 0.3 is 0 Å². The number of imide groups is 1. The zero-order chi connectivity index (χ0) is 20.4. The standard InChI is InChI=1S/C21H30N4O4/c1-28-20(29-2)14-23-7-9-24(10-8-23)17-4-3-15-12-25(13-16(15)11-17)18-5-6-19(26)22-21(18)27/h3-4,11,18,20H,5-10,12-14H2,1-2H3,(H,22,26,27). The second-order valence-electron chi connectivity index (χ2n) is 8.01. The summed E-state index contributed by atoms with van der Waals surface area (Å²) in [6.45, 7) is 6.20. The SMILES string of the molecule is COC(CN1CCN(c2ccc3c(c2)CN(C2CCC(=O)NC2=O)C3)CC1)OC. The van der Waals surface area contributed by atoms with Gasteiger partial charge < -0.3 is 14.4 Å². The molecule has 4 rings (SSSR count). The summed E-state index contributed by atoms with van der Waals surface area (Å²) in [5.74, 6) is -0.317. The Bertz CT molecular complexity index is 759. The normalized spacial score (nSPS) is 23.6. The number of hydrogen-bond donors (Lipinski definition) is 1. The highest BCUT2D eigenvalue weighted by Gasteiger charge is 2.35. The zero-order valence-electron chi connectivity index (χ0n) is 17.2. The second-order valence-corrected chi connectivity index (χ2v) is 8.01. The Morgan fingerprint density at radius 1 is 1.07 bits per heavy atom. The van der Waals surface area contributed by atoms with Crippen LogP contribution >= 0.6 is 0 Å². The monoisotopic (exact) mass is 402 g/mol. The average molecular weight is 402 g/mol. The van der Waals surface area contributed by atoms with Crippen LogP contribution in [0.5, 0.6) is 0 Å². The van der Waals surface area contributed by atoms with Gasteiger partial charge in [-0.1, -0.05) is 6.07 Å². The molecular formula is C21H30N4O4. The van der Waals surface area contributed by atoms with Crippen molar-refractivity contribution in [3.63, 3.8) is 0 Å². The number of methoxy groups -OCH3 is 2. The second kappa shape index (κ2) is 8.79. The topological polar surface area (TPSA) is 74.4 Å². The van der Waals surface area contributed by atoms with Gasteiger partial charge in [-0.3, -0.25) is 24.7 Å². The van der Waals surface area contributed by atoms with Crippen molar-refractivity contribution in [2.45, 2.75) is 38.3 Å². The summed E-state index contributed by atoms with van der Waals surface area (Å²) in [4.78, 5) is 30.6. The molecule has 29 heavy (non-hydrogen) atoms. The van der Waals surface area contributed by atoms with E-state index in [-0.39, 0.29) is 24.1 Å². The molecule has 3 heterocycles. The Kier molecular flexibility index (Phi) is 6.15. The maximum Gasteiger partial charge on any atom is 0.243 e. The summed E-state index contributed by atoms with van der Waals surface area (Å²) >= 11 is 0. The number of fused-ring (bicyclic) bond motifs is 1. The highest BCUT2D eigenvalue weighted by atomic mass is 16.7. The van der Waals surface area contributed by atoms with Crippen molar-refractivity contribution < 1.29 is 19.1 Å². The minimum absolute atomic E-state index is 0.157. The number of rotatable bonds is 6. The third-order valence-corrected chi connectivity index (χ3v) is 6.26. The van der Waals surface area contributed by atoms with Crippen molar-refractivity contribution in [3.8, 4) is 0 Å². The molecule has 8 heteroatoms. The number of carbonyl (C=O) groups excluding carboxylic acids is 2. The fraction of sp³-hybridized carbons (Fsp3) is 0.619. The van der Waals surface area contributed by atoms with Crippen LogP contribution in [0.25, 0.3) is 0 Å². The molecule has 0 radical (unpaired) electrons. The van der Waals surface area contributed by atoms with Crippen LogP contribution < -0.4 is 10.2 Å². The maximum absolute atomic E-state index is 12.2. The number of piperazine rings is 1. The molecule has 1 aromatic carbocycles. The van der Waals surface area contributed by atoms with E-state index >= 15 is 0 Å². The molecule has 0 aromatic heterocycles. The lowest BCUT2D eigenvalue weighted by Gasteiger charge is -2.37. The summed E-state index contributed by atoms with van der Waals surface area (Å²) < 4.78 is 10.6. The number of nitrogens with zero attached hydrogens (tertiary/aromatic N) is 3. The minimum atomic E-state index is -0.207. The third kappa shape index (κ3) is 4.45. The van der Waals surface area contributed by atoms with Crippen molar-refractivity contribution in [3.05, 3.63) is 29.3 Å². The van der Waals surface area contributed by atoms with Gasteiger partial charge in [-0.25, -0.2) is 0 Å². The molecule has 1 N–H and O–H groups in total. The summed E-state index contributed by atoms with van der Waals surface area (Å²) in [6.07, 6.45) is 0.850. The molecule has 3 aliphatic heterocycles. The molecule has 2 saturated heterocycles. The van der Waals surface area contributed by atoms with Crippen LogP contribution in [0.4, 0.5) is 5.69 Å². The van der Waals surface area contributed by atoms with E-state index in [4.69, 9.17) is 9.47 Å². The molecular weight excluding hydrogens is 372 g/mol. The lowest BCUT2D eigenvalue weighted by Crippen LogP contribution is -2.50. The van der Waals surface area contributed by atoms with E-state index in [0.29, 0.717) is 12.8 Å². The Balaban J connectivity index is 1.35. The highest BCUT2D eigenvalue weighted by Crippen LogP contribution is 2.30. The number of nitrogens with one attached hydrogen (secondary N) is 1. The number of amides is 2. The maximum atomic E-state index is 12.2. The fourth-order valence-corrected chi connectivity index (χ4v) is 4.50. The summed E-state index contributed by atoms with van der Waals surface area (Å²) in [6, 6.07) is 6.44. The Morgan fingerprint density at radius 3 is 2.48 bits per heavy atom. The van der Waals surface area contributed by atoms with Crippen molar-refractivity contribution >= 4 is 17.5 Å². The fourth-order valence-electron chi connectivity index (χ4n) is 4.50. The number of ether oxygens (including phenoxy) is 2. The van der Waals surface area contributed by atoms with E-state index in [9.17, 15) is 9.59 Å². The molecule has 1 unspecified atom stereocenters. The van der Waals surface area contributed by atoms with Gasteiger partial charge in [0.2, 0.25) is 11.8 Å². The van der Waals surface area contributed by atoms with E-state index in [2.05, 4.69) is 38.2 Å². The number of anilines is 1. The van der Waals surface area contributed by atoms with Gasteiger partial charge in [-0.15, -0.1) is 0 Å². The molecule has 0 aliphatic carbocycles. The molecule has 1 aromatic rings. The molecule has 3 aliphatic rings. The molecule has 1 atom stereocenters. The van der Waals surface area contributed by atoms with E-state index < -0.39 is 0 Å². The van der Waals surface area contributed by atoms with Gasteiger partial charge in [0.25, 0.3) is 0 Å². The van der Waals surface area contributed by atoms with Gasteiger partial charge in [0.1, 0.15) is 0 Å². The lowest BCUT2D eigenvalue weighted by atomic mass is 10.0. The molecule has 0 spiro atoms. The molecule has 2 fully saturated rings. The number of carbonyl (C=O) groups is 2.